The first-order chi connectivity index (χ1) is 8.90. The highest BCUT2D eigenvalue weighted by molar-refractivity contribution is 7.99. The number of imidazole rings is 1. The van der Waals surface area contributed by atoms with Crippen LogP contribution in [0.1, 0.15) is 33.1 Å². The summed E-state index contributed by atoms with van der Waals surface area (Å²) in [5.41, 5.74) is 4.94. The van der Waals surface area contributed by atoms with E-state index in [1.807, 2.05) is 24.7 Å². The molecule has 1 aliphatic carbocycles. The quantitative estimate of drug-likeness (QED) is 0.739. The molecular formula is C13H22N4OS. The lowest BCUT2D eigenvalue weighted by Gasteiger charge is -2.30. The summed E-state index contributed by atoms with van der Waals surface area (Å²) < 4.78 is 1.98. The highest BCUT2D eigenvalue weighted by Crippen LogP contribution is 2.30. The Balaban J connectivity index is 1.96. The van der Waals surface area contributed by atoms with Crippen molar-refractivity contribution in [3.63, 3.8) is 0 Å². The van der Waals surface area contributed by atoms with E-state index in [0.717, 1.165) is 18.0 Å². The average Bonchev–Trinajstić information content (AvgIpc) is 3.02. The van der Waals surface area contributed by atoms with Crippen LogP contribution in [-0.4, -0.2) is 32.3 Å². The van der Waals surface area contributed by atoms with Crippen LogP contribution in [0.25, 0.3) is 0 Å². The lowest BCUT2D eigenvalue weighted by Crippen LogP contribution is -2.55. The fraction of sp³-hybridized carbons (Fsp3) is 0.692. The molecule has 1 aromatic rings. The molecule has 2 unspecified atom stereocenters. The van der Waals surface area contributed by atoms with E-state index in [9.17, 15) is 4.79 Å². The number of carbonyl (C=O) groups is 1. The molecule has 0 spiro atoms. The molecule has 5 nitrogen and oxygen atoms in total. The van der Waals surface area contributed by atoms with E-state index in [0.29, 0.717) is 12.5 Å². The summed E-state index contributed by atoms with van der Waals surface area (Å²) in [4.78, 5) is 16.0. The molecule has 1 aliphatic rings. The number of nitrogens with one attached hydrogen (secondary N) is 1. The maximum absolute atomic E-state index is 11.7. The van der Waals surface area contributed by atoms with Gasteiger partial charge in [0.05, 0.1) is 5.54 Å². The summed E-state index contributed by atoms with van der Waals surface area (Å²) in [6.45, 7) is 4.01. The van der Waals surface area contributed by atoms with E-state index in [2.05, 4.69) is 17.2 Å². The normalized spacial score (nSPS) is 19.9. The van der Waals surface area contributed by atoms with Crippen molar-refractivity contribution in [2.75, 3.05) is 0 Å². The van der Waals surface area contributed by atoms with Gasteiger partial charge in [0, 0.05) is 30.7 Å². The van der Waals surface area contributed by atoms with Crippen LogP contribution >= 0.6 is 11.8 Å². The number of amides is 1. The van der Waals surface area contributed by atoms with Gasteiger partial charge in [0.2, 0.25) is 5.91 Å². The molecule has 1 fully saturated rings. The number of rotatable bonds is 7. The molecule has 19 heavy (non-hydrogen) atoms. The van der Waals surface area contributed by atoms with Crippen molar-refractivity contribution in [3.05, 3.63) is 12.4 Å². The van der Waals surface area contributed by atoms with Gasteiger partial charge in [0.15, 0.2) is 5.16 Å². The number of hydrogen-bond acceptors (Lipinski definition) is 4. The molecule has 0 aliphatic heterocycles. The molecule has 1 amide bonds. The molecule has 6 heteroatoms. The van der Waals surface area contributed by atoms with Gasteiger partial charge in [-0.15, -0.1) is 0 Å². The van der Waals surface area contributed by atoms with E-state index in [-0.39, 0.29) is 11.2 Å². The summed E-state index contributed by atoms with van der Waals surface area (Å²) in [7, 11) is 1.97. The zero-order chi connectivity index (χ0) is 14.0. The van der Waals surface area contributed by atoms with Crippen LogP contribution in [0.2, 0.25) is 0 Å². The molecule has 0 radical (unpaired) electrons. The van der Waals surface area contributed by atoms with Crippen molar-refractivity contribution < 1.29 is 4.79 Å². The lowest BCUT2D eigenvalue weighted by atomic mass is 9.95. The SMILES string of the molecule is CC(CC(C)(NC1CC1)C(N)=O)Sc1nccn1C. The van der Waals surface area contributed by atoms with Crippen LogP contribution < -0.4 is 11.1 Å². The molecule has 2 atom stereocenters. The Bertz CT molecular complexity index is 457. The molecule has 1 aromatic heterocycles. The Hall–Kier alpha value is -1.01. The molecule has 0 bridgehead atoms. The van der Waals surface area contributed by atoms with E-state index in [1.165, 1.54) is 0 Å². The van der Waals surface area contributed by atoms with Crippen LogP contribution in [0.4, 0.5) is 0 Å². The maximum atomic E-state index is 11.7. The molecule has 0 aromatic carbocycles. The average molecular weight is 282 g/mol. The third kappa shape index (κ3) is 3.73. The fourth-order valence-corrected chi connectivity index (χ4v) is 3.30. The molecular weight excluding hydrogens is 260 g/mol. The second-order valence-electron chi connectivity index (χ2n) is 5.57. The summed E-state index contributed by atoms with van der Waals surface area (Å²) in [6.07, 6.45) is 6.69. The number of aryl methyl sites for hydroxylation is 1. The maximum Gasteiger partial charge on any atom is 0.237 e. The molecule has 1 saturated carbocycles. The van der Waals surface area contributed by atoms with Gasteiger partial charge in [-0.3, -0.25) is 4.79 Å². The van der Waals surface area contributed by atoms with Crippen LogP contribution in [-0.2, 0) is 11.8 Å². The molecule has 0 saturated heterocycles. The second-order valence-corrected chi connectivity index (χ2v) is 6.97. The first-order valence-corrected chi connectivity index (χ1v) is 7.50. The topological polar surface area (TPSA) is 72.9 Å². The van der Waals surface area contributed by atoms with E-state index >= 15 is 0 Å². The largest absolute Gasteiger partial charge is 0.368 e. The minimum atomic E-state index is -0.626. The molecule has 1 heterocycles. The van der Waals surface area contributed by atoms with Gasteiger partial charge >= 0.3 is 0 Å². The predicted octanol–water partition coefficient (Wildman–Crippen LogP) is 1.29. The Morgan fingerprint density at radius 1 is 1.74 bits per heavy atom. The van der Waals surface area contributed by atoms with Gasteiger partial charge in [-0.05, 0) is 26.2 Å². The van der Waals surface area contributed by atoms with Crippen LogP contribution in [0.5, 0.6) is 0 Å². The first kappa shape index (κ1) is 14.4. The molecule has 2 rings (SSSR count). The van der Waals surface area contributed by atoms with Gasteiger partial charge in [-0.25, -0.2) is 4.98 Å². The Kier molecular flexibility index (Phi) is 4.20. The van der Waals surface area contributed by atoms with Crippen LogP contribution in [0.15, 0.2) is 17.6 Å². The first-order valence-electron chi connectivity index (χ1n) is 6.62. The standard InChI is InChI=1S/C13H22N4OS/c1-9(19-12-15-6-7-17(12)3)8-13(2,11(14)18)16-10-4-5-10/h6-7,9-10,16H,4-5,8H2,1-3H3,(H2,14,18). The number of aromatic nitrogens is 2. The van der Waals surface area contributed by atoms with E-state index in [4.69, 9.17) is 5.73 Å². The number of primary amides is 1. The van der Waals surface area contributed by atoms with Gasteiger partial charge in [-0.2, -0.15) is 0 Å². The third-order valence-corrected chi connectivity index (χ3v) is 4.60. The smallest absolute Gasteiger partial charge is 0.237 e. The van der Waals surface area contributed by atoms with Crippen molar-refractivity contribution in [2.45, 2.75) is 55.1 Å². The van der Waals surface area contributed by atoms with Gasteiger partial charge in [-0.1, -0.05) is 18.7 Å². The van der Waals surface area contributed by atoms with E-state index in [1.54, 1.807) is 18.0 Å². The van der Waals surface area contributed by atoms with E-state index < -0.39 is 5.54 Å². The van der Waals surface area contributed by atoms with Gasteiger partial charge < -0.3 is 15.6 Å². The van der Waals surface area contributed by atoms with Crippen molar-refractivity contribution >= 4 is 17.7 Å². The van der Waals surface area contributed by atoms with Gasteiger partial charge in [0.1, 0.15) is 0 Å². The Morgan fingerprint density at radius 2 is 2.42 bits per heavy atom. The monoisotopic (exact) mass is 282 g/mol. The van der Waals surface area contributed by atoms with Crippen molar-refractivity contribution in [1.82, 2.24) is 14.9 Å². The third-order valence-electron chi connectivity index (χ3n) is 3.42. The summed E-state index contributed by atoms with van der Waals surface area (Å²) >= 11 is 1.67. The number of nitrogens with two attached hydrogens (primary N) is 1. The number of thioether (sulfide) groups is 1. The Morgan fingerprint density at radius 3 is 2.89 bits per heavy atom. The highest BCUT2D eigenvalue weighted by Gasteiger charge is 2.38. The Labute approximate surface area is 118 Å². The van der Waals surface area contributed by atoms with Gasteiger partial charge in [0.25, 0.3) is 0 Å². The van der Waals surface area contributed by atoms with Crippen LogP contribution in [0.3, 0.4) is 0 Å². The highest BCUT2D eigenvalue weighted by atomic mass is 32.2. The summed E-state index contributed by atoms with van der Waals surface area (Å²) in [5, 5.41) is 4.61. The van der Waals surface area contributed by atoms with Crippen LogP contribution in [0, 0.1) is 0 Å². The fourth-order valence-electron chi connectivity index (χ4n) is 2.17. The van der Waals surface area contributed by atoms with Crippen molar-refractivity contribution in [1.29, 1.82) is 0 Å². The minimum absolute atomic E-state index is 0.268. The minimum Gasteiger partial charge on any atom is -0.368 e. The molecule has 3 N–H and O–H groups in total. The van der Waals surface area contributed by atoms with Crippen molar-refractivity contribution in [2.24, 2.45) is 12.8 Å². The lowest BCUT2D eigenvalue weighted by molar-refractivity contribution is -0.124. The van der Waals surface area contributed by atoms with Crippen molar-refractivity contribution in [3.8, 4) is 0 Å². The second kappa shape index (κ2) is 5.54. The summed E-state index contributed by atoms with van der Waals surface area (Å²) in [6, 6.07) is 0.461. The summed E-state index contributed by atoms with van der Waals surface area (Å²) in [5.74, 6) is -0.272. The number of hydrogen-bond donors (Lipinski definition) is 2. The molecule has 106 valence electrons. The number of nitrogens with zero attached hydrogens (tertiary/aromatic N) is 2. The zero-order valence-electron chi connectivity index (χ0n) is 11.7. The predicted molar refractivity (Wildman–Crippen MR) is 76.9 cm³/mol. The number of carbonyl (C=O) groups excluding carboxylic acids is 1. The zero-order valence-corrected chi connectivity index (χ0v) is 12.5.